The van der Waals surface area contributed by atoms with Crippen LogP contribution in [0.15, 0.2) is 48.6 Å². The number of hydrogen-bond acceptors (Lipinski definition) is 5. The van der Waals surface area contributed by atoms with Gasteiger partial charge in [0.1, 0.15) is 0 Å². The monoisotopic (exact) mass is 394 g/mol. The number of carbonyl (C=O) groups is 1. The van der Waals surface area contributed by atoms with E-state index in [0.717, 1.165) is 6.42 Å². The third kappa shape index (κ3) is 10.6. The average molecular weight is 395 g/mol. The van der Waals surface area contributed by atoms with Crippen LogP contribution in [-0.2, 0) is 9.53 Å². The number of aliphatic hydroxyl groups excluding tert-OH is 3. The summed E-state index contributed by atoms with van der Waals surface area (Å²) in [6.45, 7) is 2.02. The van der Waals surface area contributed by atoms with E-state index >= 15 is 0 Å². The summed E-state index contributed by atoms with van der Waals surface area (Å²) in [5.74, 6) is -0.804. The van der Waals surface area contributed by atoms with E-state index in [4.69, 9.17) is 9.84 Å². The van der Waals surface area contributed by atoms with Crippen LogP contribution in [0.1, 0.15) is 51.9 Å². The van der Waals surface area contributed by atoms with Gasteiger partial charge in [0.05, 0.1) is 30.5 Å². The Balaban J connectivity index is 2.32. The van der Waals surface area contributed by atoms with Crippen molar-refractivity contribution in [2.45, 2.75) is 82.4 Å². The fraction of sp³-hybridized carbons (Fsp3) is 0.591. The number of ether oxygens (including phenoxy) is 1. The Morgan fingerprint density at radius 2 is 1.86 bits per heavy atom. The van der Waals surface area contributed by atoms with Crippen LogP contribution in [0.4, 0.5) is 0 Å². The van der Waals surface area contributed by atoms with E-state index in [0.29, 0.717) is 32.1 Å². The molecule has 28 heavy (non-hydrogen) atoms. The van der Waals surface area contributed by atoms with Crippen molar-refractivity contribution in [3.8, 4) is 0 Å². The molecule has 0 aromatic heterocycles. The molecule has 0 saturated carbocycles. The van der Waals surface area contributed by atoms with Gasteiger partial charge in [0.2, 0.25) is 0 Å². The Labute approximate surface area is 167 Å². The summed E-state index contributed by atoms with van der Waals surface area (Å²) in [5, 5.41) is 38.7. The molecule has 1 aliphatic heterocycles. The van der Waals surface area contributed by atoms with Gasteiger partial charge in [0.25, 0.3) is 0 Å². The molecule has 0 radical (unpaired) electrons. The molecule has 1 rings (SSSR count). The van der Waals surface area contributed by atoms with Gasteiger partial charge in [-0.1, -0.05) is 55.5 Å². The third-order valence-electron chi connectivity index (χ3n) is 4.44. The van der Waals surface area contributed by atoms with E-state index in [1.54, 1.807) is 6.08 Å². The Bertz CT molecular complexity index is 551. The molecule has 6 nitrogen and oxygen atoms in total. The number of hydrogen-bond donors (Lipinski definition) is 4. The Morgan fingerprint density at radius 3 is 2.57 bits per heavy atom. The van der Waals surface area contributed by atoms with E-state index in [1.807, 2.05) is 43.4 Å². The number of rotatable bonds is 13. The molecular formula is C22H34O6. The van der Waals surface area contributed by atoms with Gasteiger partial charge in [0.15, 0.2) is 0 Å². The van der Waals surface area contributed by atoms with E-state index in [-0.39, 0.29) is 12.5 Å². The summed E-state index contributed by atoms with van der Waals surface area (Å²) >= 11 is 0. The molecule has 158 valence electrons. The summed E-state index contributed by atoms with van der Waals surface area (Å²) in [6, 6.07) is 0. The summed E-state index contributed by atoms with van der Waals surface area (Å²) in [5.41, 5.74) is 0. The van der Waals surface area contributed by atoms with Crippen molar-refractivity contribution in [2.24, 2.45) is 0 Å². The lowest BCUT2D eigenvalue weighted by Gasteiger charge is -2.16. The second kappa shape index (κ2) is 14.3. The van der Waals surface area contributed by atoms with Crippen LogP contribution in [0.25, 0.3) is 0 Å². The Kier molecular flexibility index (Phi) is 12.4. The highest BCUT2D eigenvalue weighted by Gasteiger charge is 2.36. The van der Waals surface area contributed by atoms with Crippen LogP contribution >= 0.6 is 0 Å². The van der Waals surface area contributed by atoms with Gasteiger partial charge in [0, 0.05) is 12.8 Å². The van der Waals surface area contributed by atoms with Gasteiger partial charge in [-0.15, -0.1) is 0 Å². The molecule has 6 heteroatoms. The first-order chi connectivity index (χ1) is 13.4. The van der Waals surface area contributed by atoms with Crippen molar-refractivity contribution in [3.05, 3.63) is 48.6 Å². The summed E-state index contributed by atoms with van der Waals surface area (Å²) in [7, 11) is 0. The molecule has 0 aliphatic carbocycles. The maximum absolute atomic E-state index is 10.4. The molecule has 1 heterocycles. The smallest absolute Gasteiger partial charge is 0.303 e. The largest absolute Gasteiger partial charge is 0.481 e. The van der Waals surface area contributed by atoms with Crippen LogP contribution in [-0.4, -0.2) is 56.9 Å². The molecule has 1 saturated heterocycles. The molecule has 1 aliphatic rings. The first-order valence-corrected chi connectivity index (χ1v) is 9.98. The second-order valence-electron chi connectivity index (χ2n) is 6.92. The number of carboxylic acid groups (broad SMARTS) is 1. The van der Waals surface area contributed by atoms with Gasteiger partial charge < -0.3 is 25.2 Å². The van der Waals surface area contributed by atoms with E-state index in [2.05, 4.69) is 0 Å². The second-order valence-corrected chi connectivity index (χ2v) is 6.92. The highest BCUT2D eigenvalue weighted by molar-refractivity contribution is 5.66. The van der Waals surface area contributed by atoms with Crippen LogP contribution in [0.3, 0.4) is 0 Å². The first-order valence-electron chi connectivity index (χ1n) is 9.98. The molecule has 4 N–H and O–H groups in total. The van der Waals surface area contributed by atoms with Crippen LogP contribution in [0, 0.1) is 0 Å². The maximum atomic E-state index is 10.4. The summed E-state index contributed by atoms with van der Waals surface area (Å²) in [6.07, 6.45) is 15.2. The summed E-state index contributed by atoms with van der Waals surface area (Å²) in [4.78, 5) is 10.4. The Hall–Kier alpha value is -1.73. The predicted octanol–water partition coefficient (Wildman–Crippen LogP) is 2.90. The quantitative estimate of drug-likeness (QED) is 0.358. The number of allylic oxidation sites excluding steroid dienone is 4. The molecule has 1 fully saturated rings. The summed E-state index contributed by atoms with van der Waals surface area (Å²) < 4.78 is 5.76. The van der Waals surface area contributed by atoms with Crippen molar-refractivity contribution >= 4 is 5.97 Å². The lowest BCUT2D eigenvalue weighted by atomic mass is 10.0. The van der Waals surface area contributed by atoms with Gasteiger partial charge in [-0.2, -0.15) is 0 Å². The fourth-order valence-electron chi connectivity index (χ4n) is 2.87. The van der Waals surface area contributed by atoms with Crippen molar-refractivity contribution in [2.75, 3.05) is 0 Å². The molecule has 0 spiro atoms. The molecule has 0 unspecified atom stereocenters. The van der Waals surface area contributed by atoms with E-state index in [9.17, 15) is 20.1 Å². The van der Waals surface area contributed by atoms with Crippen LogP contribution in [0.5, 0.6) is 0 Å². The molecular weight excluding hydrogens is 360 g/mol. The number of aliphatic carboxylic acids is 1. The van der Waals surface area contributed by atoms with E-state index in [1.165, 1.54) is 6.08 Å². The highest BCUT2D eigenvalue weighted by Crippen LogP contribution is 2.26. The Morgan fingerprint density at radius 1 is 1.11 bits per heavy atom. The van der Waals surface area contributed by atoms with Crippen molar-refractivity contribution in [3.63, 3.8) is 0 Å². The maximum Gasteiger partial charge on any atom is 0.303 e. The van der Waals surface area contributed by atoms with Crippen molar-refractivity contribution < 1.29 is 30.0 Å². The minimum Gasteiger partial charge on any atom is -0.481 e. The minimum atomic E-state index is -0.870. The fourth-order valence-corrected chi connectivity index (χ4v) is 2.87. The molecule has 5 atom stereocenters. The zero-order valence-corrected chi connectivity index (χ0v) is 16.6. The number of aliphatic hydroxyl groups is 3. The first kappa shape index (κ1) is 24.3. The zero-order valence-electron chi connectivity index (χ0n) is 16.6. The molecule has 0 bridgehead atoms. The molecule has 0 aromatic rings. The van der Waals surface area contributed by atoms with Crippen LogP contribution < -0.4 is 0 Å². The average Bonchev–Trinajstić information content (AvgIpc) is 3.02. The predicted molar refractivity (Wildman–Crippen MR) is 109 cm³/mol. The van der Waals surface area contributed by atoms with E-state index < -0.39 is 30.4 Å². The number of carboxylic acids is 1. The zero-order chi connectivity index (χ0) is 20.8. The topological polar surface area (TPSA) is 107 Å². The normalized spacial score (nSPS) is 25.5. The minimum absolute atomic E-state index is 0.132. The van der Waals surface area contributed by atoms with Gasteiger partial charge in [-0.25, -0.2) is 0 Å². The molecule has 0 amide bonds. The van der Waals surface area contributed by atoms with Gasteiger partial charge >= 0.3 is 5.97 Å². The van der Waals surface area contributed by atoms with Gasteiger partial charge in [-0.05, 0) is 32.1 Å². The van der Waals surface area contributed by atoms with Gasteiger partial charge in [-0.3, -0.25) is 4.79 Å². The SMILES string of the molecule is CC/C=C\C[C@@H](O)/C=C/[C@@H](O)[C@H]1C[C@@H](O)[C@@H](C/C=C\C/C=C\CCC(=O)O)O1. The lowest BCUT2D eigenvalue weighted by molar-refractivity contribution is -0.136. The third-order valence-corrected chi connectivity index (χ3v) is 4.44. The van der Waals surface area contributed by atoms with Crippen LogP contribution in [0.2, 0.25) is 0 Å². The van der Waals surface area contributed by atoms with Crippen molar-refractivity contribution in [1.82, 2.24) is 0 Å². The lowest BCUT2D eigenvalue weighted by Crippen LogP contribution is -2.24. The highest BCUT2D eigenvalue weighted by atomic mass is 16.5. The molecule has 0 aromatic carbocycles. The van der Waals surface area contributed by atoms with Crippen molar-refractivity contribution in [1.29, 1.82) is 0 Å². The standard InChI is InChI=1S/C22H34O6/c1-2-3-8-11-17(23)14-15-18(24)21-16-19(25)20(28-21)12-9-6-4-5-7-10-13-22(26)27/h3,5-9,14-15,17-21,23-25H,2,4,10-13,16H2,1H3,(H,26,27)/b7-5-,8-3-,9-6-,15-14+/t17-,18-,19-,20-,21-/m1/s1.